The van der Waals surface area contributed by atoms with Gasteiger partial charge in [-0.25, -0.2) is 0 Å². The molecule has 5 nitrogen and oxygen atoms in total. The van der Waals surface area contributed by atoms with Gasteiger partial charge in [0.1, 0.15) is 5.76 Å². The Kier molecular flexibility index (Phi) is 5.23. The molecular formula is C16H21BO5S. The van der Waals surface area contributed by atoms with Gasteiger partial charge in [-0.1, -0.05) is 11.8 Å². The Hall–Kier alpha value is -1.31. The number of carbonyl (C=O) groups is 2. The first kappa shape index (κ1) is 18.0. The number of hydrogen-bond acceptors (Lipinski definition) is 6. The van der Waals surface area contributed by atoms with E-state index in [2.05, 4.69) is 0 Å². The zero-order valence-electron chi connectivity index (χ0n) is 14.0. The molecule has 1 aromatic rings. The summed E-state index contributed by atoms with van der Waals surface area (Å²) < 4.78 is 17.5. The second kappa shape index (κ2) is 6.67. The van der Waals surface area contributed by atoms with E-state index in [1.54, 1.807) is 18.2 Å². The Morgan fingerprint density at radius 2 is 1.74 bits per heavy atom. The molecule has 0 aromatic carbocycles. The molecule has 0 bridgehead atoms. The molecule has 23 heavy (non-hydrogen) atoms. The fourth-order valence-electron chi connectivity index (χ4n) is 2.05. The SMILES string of the molecule is CC(=O)SCC(=Cc1ccc(C=O)o1)B1OC(C)(C)C(C)(C)O1. The molecule has 0 unspecified atom stereocenters. The Morgan fingerprint density at radius 3 is 2.22 bits per heavy atom. The van der Waals surface area contributed by atoms with Gasteiger partial charge in [0.25, 0.3) is 0 Å². The molecule has 0 spiro atoms. The van der Waals surface area contributed by atoms with Crippen molar-refractivity contribution in [2.24, 2.45) is 0 Å². The first-order valence-electron chi connectivity index (χ1n) is 7.39. The first-order valence-corrected chi connectivity index (χ1v) is 8.38. The molecule has 0 atom stereocenters. The highest BCUT2D eigenvalue weighted by Gasteiger charge is 2.52. The number of thioether (sulfide) groups is 1. The van der Waals surface area contributed by atoms with E-state index in [4.69, 9.17) is 13.7 Å². The van der Waals surface area contributed by atoms with E-state index in [0.29, 0.717) is 17.8 Å². The zero-order valence-corrected chi connectivity index (χ0v) is 14.9. The molecule has 0 aliphatic carbocycles. The van der Waals surface area contributed by atoms with Gasteiger partial charge < -0.3 is 13.7 Å². The molecule has 0 saturated carbocycles. The lowest BCUT2D eigenvalue weighted by Crippen LogP contribution is -2.41. The van der Waals surface area contributed by atoms with Crippen LogP contribution in [0.25, 0.3) is 6.08 Å². The van der Waals surface area contributed by atoms with Crippen molar-refractivity contribution < 1.29 is 23.3 Å². The van der Waals surface area contributed by atoms with Gasteiger partial charge in [-0.15, -0.1) is 0 Å². The van der Waals surface area contributed by atoms with Gasteiger partial charge in [-0.3, -0.25) is 9.59 Å². The molecule has 1 aliphatic rings. The Morgan fingerprint density at radius 1 is 1.17 bits per heavy atom. The van der Waals surface area contributed by atoms with Crippen LogP contribution in [0.2, 0.25) is 0 Å². The standard InChI is InChI=1S/C16H21BO5S/c1-11(19)23-10-12(8-13-6-7-14(9-18)20-13)17-21-15(2,3)16(4,5)22-17/h6-9H,10H2,1-5H3. The molecule has 2 heterocycles. The largest absolute Gasteiger partial charge is 0.491 e. The summed E-state index contributed by atoms with van der Waals surface area (Å²) in [7, 11) is -0.559. The van der Waals surface area contributed by atoms with Crippen molar-refractivity contribution >= 4 is 36.4 Å². The van der Waals surface area contributed by atoms with Crippen LogP contribution >= 0.6 is 11.8 Å². The van der Waals surface area contributed by atoms with Gasteiger partial charge in [0.2, 0.25) is 0 Å². The molecule has 2 rings (SSSR count). The molecule has 0 N–H and O–H groups in total. The monoisotopic (exact) mass is 336 g/mol. The van der Waals surface area contributed by atoms with E-state index in [1.165, 1.54) is 18.7 Å². The van der Waals surface area contributed by atoms with E-state index in [1.807, 2.05) is 27.7 Å². The van der Waals surface area contributed by atoms with E-state index in [-0.39, 0.29) is 10.9 Å². The molecule has 7 heteroatoms. The fourth-order valence-corrected chi connectivity index (χ4v) is 2.64. The van der Waals surface area contributed by atoms with E-state index in [0.717, 1.165) is 5.47 Å². The van der Waals surface area contributed by atoms with Crippen LogP contribution in [-0.4, -0.2) is 35.5 Å². The van der Waals surface area contributed by atoms with Crippen molar-refractivity contribution in [3.8, 4) is 0 Å². The fraction of sp³-hybridized carbons (Fsp3) is 0.500. The molecule has 1 saturated heterocycles. The average Bonchev–Trinajstić information content (AvgIpc) is 2.97. The molecule has 124 valence electrons. The highest BCUT2D eigenvalue weighted by atomic mass is 32.2. The van der Waals surface area contributed by atoms with Crippen molar-refractivity contribution in [2.45, 2.75) is 45.8 Å². The van der Waals surface area contributed by atoms with Crippen LogP contribution in [0.4, 0.5) is 0 Å². The van der Waals surface area contributed by atoms with Crippen LogP contribution in [0.5, 0.6) is 0 Å². The molecule has 0 radical (unpaired) electrons. The molecule has 1 aromatic heterocycles. The summed E-state index contributed by atoms with van der Waals surface area (Å²) in [5, 5.41) is 0.0143. The number of rotatable bonds is 5. The third-order valence-electron chi connectivity index (χ3n) is 4.09. The summed E-state index contributed by atoms with van der Waals surface area (Å²) in [5.41, 5.74) is -0.139. The summed E-state index contributed by atoms with van der Waals surface area (Å²) in [4.78, 5) is 22.0. The van der Waals surface area contributed by atoms with Gasteiger partial charge in [-0.2, -0.15) is 0 Å². The molecule has 1 aliphatic heterocycles. The van der Waals surface area contributed by atoms with Crippen LogP contribution < -0.4 is 0 Å². The minimum Gasteiger partial charge on any atom is -0.454 e. The van der Waals surface area contributed by atoms with Gasteiger partial charge >= 0.3 is 7.12 Å². The molecular weight excluding hydrogens is 315 g/mol. The number of hydrogen-bond donors (Lipinski definition) is 0. The van der Waals surface area contributed by atoms with E-state index >= 15 is 0 Å². The Bertz CT molecular complexity index is 616. The second-order valence-electron chi connectivity index (χ2n) is 6.45. The minimum absolute atomic E-state index is 0.0143. The zero-order chi connectivity index (χ0) is 17.3. The van der Waals surface area contributed by atoms with Crippen molar-refractivity contribution in [3.05, 3.63) is 29.1 Å². The van der Waals surface area contributed by atoms with Crippen LogP contribution in [0, 0.1) is 0 Å². The summed E-state index contributed by atoms with van der Waals surface area (Å²) in [6.45, 7) is 9.41. The van der Waals surface area contributed by atoms with Crippen molar-refractivity contribution in [3.63, 3.8) is 0 Å². The lowest BCUT2D eigenvalue weighted by molar-refractivity contribution is -0.109. The third-order valence-corrected chi connectivity index (χ3v) is 4.97. The third kappa shape index (κ3) is 4.16. The summed E-state index contributed by atoms with van der Waals surface area (Å²) in [6.07, 6.45) is 2.42. The van der Waals surface area contributed by atoms with Gasteiger partial charge in [0.15, 0.2) is 17.2 Å². The first-order chi connectivity index (χ1) is 10.6. The van der Waals surface area contributed by atoms with Gasteiger partial charge in [-0.05, 0) is 51.4 Å². The lowest BCUT2D eigenvalue weighted by Gasteiger charge is -2.32. The second-order valence-corrected chi connectivity index (χ2v) is 7.60. The topological polar surface area (TPSA) is 65.7 Å². The van der Waals surface area contributed by atoms with Crippen LogP contribution in [0.1, 0.15) is 50.9 Å². The van der Waals surface area contributed by atoms with E-state index < -0.39 is 18.3 Å². The highest BCUT2D eigenvalue weighted by Crippen LogP contribution is 2.39. The molecule has 0 amide bonds. The Labute approximate surface area is 140 Å². The van der Waals surface area contributed by atoms with Gasteiger partial charge in [0.05, 0.1) is 11.2 Å². The van der Waals surface area contributed by atoms with Crippen molar-refractivity contribution in [1.82, 2.24) is 0 Å². The van der Waals surface area contributed by atoms with E-state index in [9.17, 15) is 9.59 Å². The van der Waals surface area contributed by atoms with Crippen molar-refractivity contribution in [1.29, 1.82) is 0 Å². The molecule has 1 fully saturated rings. The van der Waals surface area contributed by atoms with Gasteiger partial charge in [0, 0.05) is 12.7 Å². The predicted octanol–water partition coefficient (Wildman–Crippen LogP) is 3.39. The summed E-state index contributed by atoms with van der Waals surface area (Å²) >= 11 is 1.18. The number of aldehydes is 1. The maximum atomic E-state index is 11.3. The smallest absolute Gasteiger partial charge is 0.454 e. The highest BCUT2D eigenvalue weighted by molar-refractivity contribution is 8.13. The Balaban J connectivity index is 2.27. The lowest BCUT2D eigenvalue weighted by atomic mass is 9.79. The van der Waals surface area contributed by atoms with Crippen molar-refractivity contribution in [2.75, 3.05) is 5.75 Å². The average molecular weight is 336 g/mol. The summed E-state index contributed by atoms with van der Waals surface area (Å²) in [5.74, 6) is 1.22. The minimum atomic E-state index is -0.559. The maximum Gasteiger partial charge on any atom is 0.491 e. The maximum absolute atomic E-state index is 11.3. The predicted molar refractivity (Wildman–Crippen MR) is 91.3 cm³/mol. The normalized spacial score (nSPS) is 19.9. The number of carbonyl (C=O) groups excluding carboxylic acids is 2. The van der Waals surface area contributed by atoms with Crippen LogP contribution in [-0.2, 0) is 14.1 Å². The quantitative estimate of drug-likeness (QED) is 0.607. The van der Waals surface area contributed by atoms with Crippen LogP contribution in [0.15, 0.2) is 22.0 Å². The summed E-state index contributed by atoms with van der Waals surface area (Å²) in [6, 6.07) is 3.30. The van der Waals surface area contributed by atoms with Crippen LogP contribution in [0.3, 0.4) is 0 Å². The number of furan rings is 1.